The minimum Gasteiger partial charge on any atom is -0.462 e. The van der Waals surface area contributed by atoms with E-state index in [4.69, 9.17) is 9.47 Å². The van der Waals surface area contributed by atoms with Crippen molar-refractivity contribution >= 4 is 22.8 Å². The largest absolute Gasteiger partial charge is 0.462 e. The average Bonchev–Trinajstić information content (AvgIpc) is 3.21. The third-order valence-corrected chi connectivity index (χ3v) is 13.2. The van der Waals surface area contributed by atoms with Gasteiger partial charge >= 0.3 is 5.97 Å². The Kier molecular flexibility index (Phi) is 46.0. The number of unbranched alkanes of at least 4 members (excludes halogenated alkanes) is 26. The number of ether oxygens (including phenoxy) is 2. The molecule has 0 saturated heterocycles. The minimum atomic E-state index is 0.00205. The zero-order chi connectivity index (χ0) is 41.7. The standard InChI is InChI=1S/C51H101NO4S/c1-6-10-14-18-22-24-27-31-39-48(38-30-26-20-16-12-8-3)56-50(53)42-34-36-44-52(46-47-55-5)45-37-35-43-51(54)57-49(40-32-28-21-17-13-9-4)41-33-29-25-23-19-15-11-7-2/h48-49H,6-47H2,1-5H3. The fraction of sp³-hybridized carbons (Fsp3) is 0.961. The van der Waals surface area contributed by atoms with Gasteiger partial charge < -0.3 is 14.4 Å². The normalized spacial score (nSPS) is 12.7. The number of methoxy groups -OCH3 is 1. The van der Waals surface area contributed by atoms with Crippen LogP contribution in [0.1, 0.15) is 272 Å². The molecule has 6 heteroatoms. The molecular formula is C51H101NO4S. The molecule has 0 aromatic heterocycles. The summed E-state index contributed by atoms with van der Waals surface area (Å²) in [4.78, 5) is 28.6. The Labute approximate surface area is 361 Å². The van der Waals surface area contributed by atoms with Crippen LogP contribution in [0.25, 0.3) is 0 Å². The van der Waals surface area contributed by atoms with E-state index in [0.29, 0.717) is 29.8 Å². The molecule has 0 rings (SSSR count). The highest BCUT2D eigenvalue weighted by molar-refractivity contribution is 8.14. The van der Waals surface area contributed by atoms with E-state index in [1.807, 2.05) is 0 Å². The van der Waals surface area contributed by atoms with Gasteiger partial charge in [0.1, 0.15) is 6.10 Å². The van der Waals surface area contributed by atoms with E-state index < -0.39 is 0 Å². The second kappa shape index (κ2) is 46.5. The second-order valence-corrected chi connectivity index (χ2v) is 19.0. The van der Waals surface area contributed by atoms with Crippen LogP contribution < -0.4 is 0 Å². The lowest BCUT2D eigenvalue weighted by Crippen LogP contribution is -2.30. The number of nitrogens with zero attached hydrogens (tertiary/aromatic N) is 1. The van der Waals surface area contributed by atoms with Crippen molar-refractivity contribution in [3.63, 3.8) is 0 Å². The van der Waals surface area contributed by atoms with Gasteiger partial charge in [-0.15, -0.1) is 0 Å². The van der Waals surface area contributed by atoms with Crippen LogP contribution in [0.4, 0.5) is 0 Å². The van der Waals surface area contributed by atoms with Gasteiger partial charge in [-0.1, -0.05) is 206 Å². The monoisotopic (exact) mass is 824 g/mol. The molecule has 0 aromatic carbocycles. The maximum atomic E-state index is 13.2. The highest BCUT2D eigenvalue weighted by Gasteiger charge is 2.17. The smallest absolute Gasteiger partial charge is 0.306 e. The van der Waals surface area contributed by atoms with Crippen LogP contribution in [0.2, 0.25) is 0 Å². The average molecular weight is 824 g/mol. The number of hydrogen-bond donors (Lipinski definition) is 0. The third-order valence-electron chi connectivity index (χ3n) is 11.9. The molecule has 0 bridgehead atoms. The minimum absolute atomic E-state index is 0.00205. The molecule has 57 heavy (non-hydrogen) atoms. The van der Waals surface area contributed by atoms with E-state index in [-0.39, 0.29) is 12.1 Å². The maximum Gasteiger partial charge on any atom is 0.306 e. The lowest BCUT2D eigenvalue weighted by atomic mass is 10.0. The van der Waals surface area contributed by atoms with Crippen LogP contribution >= 0.6 is 11.8 Å². The number of rotatable bonds is 47. The quantitative estimate of drug-likeness (QED) is 0.0450. The van der Waals surface area contributed by atoms with Gasteiger partial charge in [0.15, 0.2) is 5.12 Å². The molecule has 0 aliphatic carbocycles. The molecule has 0 N–H and O–H groups in total. The molecule has 2 atom stereocenters. The topological polar surface area (TPSA) is 55.8 Å². The molecule has 5 nitrogen and oxygen atoms in total. The maximum absolute atomic E-state index is 13.2. The molecular weight excluding hydrogens is 723 g/mol. The SMILES string of the molecule is CCCCCCCCCCC(CCCCCCCC)OC(=O)CCCCN(CCCCC(=O)SC(CCCCCCCC)CCCCCCCCCC)CCOC. The van der Waals surface area contributed by atoms with Crippen LogP contribution in [-0.4, -0.2) is 60.7 Å². The van der Waals surface area contributed by atoms with Gasteiger partial charge in [0.25, 0.3) is 0 Å². The van der Waals surface area contributed by atoms with Gasteiger partial charge in [0, 0.05) is 31.7 Å². The first kappa shape index (κ1) is 56.4. The first-order valence-electron chi connectivity index (χ1n) is 25.6. The molecule has 0 aliphatic rings. The van der Waals surface area contributed by atoms with Crippen LogP contribution in [0.5, 0.6) is 0 Å². The van der Waals surface area contributed by atoms with Crippen molar-refractivity contribution < 1.29 is 19.1 Å². The van der Waals surface area contributed by atoms with E-state index in [1.54, 1.807) is 18.9 Å². The van der Waals surface area contributed by atoms with E-state index in [2.05, 4.69) is 32.6 Å². The molecule has 0 radical (unpaired) electrons. The summed E-state index contributed by atoms with van der Waals surface area (Å²) in [5, 5.41) is 0.911. The summed E-state index contributed by atoms with van der Waals surface area (Å²) in [5.74, 6) is 0.00205. The van der Waals surface area contributed by atoms with Crippen LogP contribution in [-0.2, 0) is 19.1 Å². The van der Waals surface area contributed by atoms with Gasteiger partial charge in [-0.3, -0.25) is 9.59 Å². The number of carbonyl (C=O) groups is 2. The Balaban J connectivity index is 4.63. The summed E-state index contributed by atoms with van der Waals surface area (Å²) < 4.78 is 11.6. The van der Waals surface area contributed by atoms with Crippen molar-refractivity contribution in [2.24, 2.45) is 0 Å². The van der Waals surface area contributed by atoms with E-state index >= 15 is 0 Å². The molecule has 0 spiro atoms. The van der Waals surface area contributed by atoms with Crippen LogP contribution in [0, 0.1) is 0 Å². The fourth-order valence-corrected chi connectivity index (χ4v) is 9.30. The van der Waals surface area contributed by atoms with Gasteiger partial charge in [-0.2, -0.15) is 0 Å². The zero-order valence-electron chi connectivity index (χ0n) is 39.3. The van der Waals surface area contributed by atoms with Gasteiger partial charge in [-0.25, -0.2) is 0 Å². The van der Waals surface area contributed by atoms with Crippen molar-refractivity contribution in [2.75, 3.05) is 33.4 Å². The van der Waals surface area contributed by atoms with Crippen molar-refractivity contribution in [3.8, 4) is 0 Å². The first-order valence-corrected chi connectivity index (χ1v) is 26.5. The van der Waals surface area contributed by atoms with Crippen molar-refractivity contribution in [3.05, 3.63) is 0 Å². The molecule has 0 amide bonds. The summed E-state index contributed by atoms with van der Waals surface area (Å²) >= 11 is 1.69. The van der Waals surface area contributed by atoms with Gasteiger partial charge in [-0.05, 0) is 77.3 Å². The molecule has 0 heterocycles. The molecule has 340 valence electrons. The van der Waals surface area contributed by atoms with E-state index in [9.17, 15) is 9.59 Å². The highest BCUT2D eigenvalue weighted by Crippen LogP contribution is 2.27. The summed E-state index contributed by atoms with van der Waals surface area (Å²) in [6.07, 6.45) is 46.6. The number of carbonyl (C=O) groups excluding carboxylic acids is 2. The zero-order valence-corrected chi connectivity index (χ0v) is 40.2. The molecule has 0 aliphatic heterocycles. The van der Waals surface area contributed by atoms with Crippen LogP contribution in [0.15, 0.2) is 0 Å². The molecule has 0 fully saturated rings. The number of hydrogen-bond acceptors (Lipinski definition) is 6. The summed E-state index contributed by atoms with van der Waals surface area (Å²) in [6.45, 7) is 12.7. The van der Waals surface area contributed by atoms with Crippen molar-refractivity contribution in [1.82, 2.24) is 4.90 Å². The Bertz CT molecular complexity index is 763. The molecule has 2 unspecified atom stereocenters. The third kappa shape index (κ3) is 41.9. The Morgan fingerprint density at radius 2 is 0.807 bits per heavy atom. The summed E-state index contributed by atoms with van der Waals surface area (Å²) in [5.41, 5.74) is 0. The Morgan fingerprint density at radius 3 is 1.21 bits per heavy atom. The van der Waals surface area contributed by atoms with Gasteiger partial charge in [0.05, 0.1) is 6.61 Å². The van der Waals surface area contributed by atoms with E-state index in [0.717, 1.165) is 58.2 Å². The lowest BCUT2D eigenvalue weighted by Gasteiger charge is -2.22. The van der Waals surface area contributed by atoms with Crippen molar-refractivity contribution in [1.29, 1.82) is 0 Å². The summed E-state index contributed by atoms with van der Waals surface area (Å²) in [6, 6.07) is 0. The van der Waals surface area contributed by atoms with Crippen molar-refractivity contribution in [2.45, 2.75) is 283 Å². The lowest BCUT2D eigenvalue weighted by molar-refractivity contribution is -0.150. The molecule has 0 aromatic rings. The number of thioether (sulfide) groups is 1. The van der Waals surface area contributed by atoms with Crippen LogP contribution in [0.3, 0.4) is 0 Å². The highest BCUT2D eigenvalue weighted by atomic mass is 32.2. The Morgan fingerprint density at radius 1 is 0.439 bits per heavy atom. The second-order valence-electron chi connectivity index (χ2n) is 17.6. The fourth-order valence-electron chi connectivity index (χ4n) is 8.10. The first-order chi connectivity index (χ1) is 28.0. The summed E-state index contributed by atoms with van der Waals surface area (Å²) in [7, 11) is 1.77. The Hall–Kier alpha value is -0.590. The molecule has 0 saturated carbocycles. The van der Waals surface area contributed by atoms with E-state index in [1.165, 1.54) is 193 Å². The predicted molar refractivity (Wildman–Crippen MR) is 253 cm³/mol. The predicted octanol–water partition coefficient (Wildman–Crippen LogP) is 16.4. The van der Waals surface area contributed by atoms with Gasteiger partial charge in [0.2, 0.25) is 0 Å². The number of esters is 1.